The van der Waals surface area contributed by atoms with Crippen LogP contribution >= 0.6 is 0 Å². The van der Waals surface area contributed by atoms with Crippen molar-refractivity contribution in [1.82, 2.24) is 5.06 Å². The van der Waals surface area contributed by atoms with Crippen LogP contribution in [-0.2, 0) is 4.79 Å². The van der Waals surface area contributed by atoms with Crippen LogP contribution in [0, 0.1) is 0 Å². The third-order valence-electron chi connectivity index (χ3n) is 2.19. The largest absolute Gasteiger partial charge is 0.326 e. The molecule has 16 heavy (non-hydrogen) atoms. The highest BCUT2D eigenvalue weighted by Gasteiger charge is 2.34. The third kappa shape index (κ3) is 1.45. The lowest BCUT2D eigenvalue weighted by molar-refractivity contribution is -0.114. The molecule has 0 aliphatic carbocycles. The molecule has 0 saturated heterocycles. The molecule has 1 heterocycles. The van der Waals surface area contributed by atoms with Gasteiger partial charge in [-0.1, -0.05) is 0 Å². The summed E-state index contributed by atoms with van der Waals surface area (Å²) >= 11 is 0. The molecule has 2 rings (SSSR count). The predicted octanol–water partition coefficient (Wildman–Crippen LogP) is 0.630. The summed E-state index contributed by atoms with van der Waals surface area (Å²) in [6.45, 7) is 1.33. The minimum Gasteiger partial charge on any atom is -0.326 e. The Kier molecular flexibility index (Phi) is 2.21. The van der Waals surface area contributed by atoms with Crippen molar-refractivity contribution in [2.24, 2.45) is 0 Å². The monoisotopic (exact) mass is 220 g/mol. The molecule has 0 aromatic heterocycles. The maximum atomic E-state index is 11.4. The summed E-state index contributed by atoms with van der Waals surface area (Å²) in [4.78, 5) is 33.5. The SMILES string of the molecule is CC(=O)Nc1ccc2c(c1)C(=O)N(O)C2=O. The Hall–Kier alpha value is -2.21. The molecule has 1 aromatic carbocycles. The molecular weight excluding hydrogens is 212 g/mol. The van der Waals surface area contributed by atoms with E-state index in [2.05, 4.69) is 5.32 Å². The first-order valence-corrected chi connectivity index (χ1v) is 4.50. The minimum absolute atomic E-state index is 0.0578. The Balaban J connectivity index is 2.45. The molecule has 0 atom stereocenters. The van der Waals surface area contributed by atoms with Crippen LogP contribution in [-0.4, -0.2) is 28.0 Å². The number of nitrogens with zero attached hydrogens (tertiary/aromatic N) is 1. The number of rotatable bonds is 1. The summed E-state index contributed by atoms with van der Waals surface area (Å²) in [6.07, 6.45) is 0. The number of hydrogen-bond acceptors (Lipinski definition) is 4. The lowest BCUT2D eigenvalue weighted by atomic mass is 10.1. The average molecular weight is 220 g/mol. The molecule has 0 spiro atoms. The van der Waals surface area contributed by atoms with Crippen molar-refractivity contribution in [3.63, 3.8) is 0 Å². The van der Waals surface area contributed by atoms with Gasteiger partial charge in [-0.25, -0.2) is 0 Å². The topological polar surface area (TPSA) is 86.7 Å². The first kappa shape index (κ1) is 10.3. The minimum atomic E-state index is -0.785. The first-order valence-electron chi connectivity index (χ1n) is 4.50. The number of anilines is 1. The summed E-state index contributed by atoms with van der Waals surface area (Å²) in [7, 11) is 0. The van der Waals surface area contributed by atoms with E-state index in [1.54, 1.807) is 0 Å². The summed E-state index contributed by atoms with van der Waals surface area (Å²) in [5.41, 5.74) is 0.614. The Labute approximate surface area is 90.4 Å². The van der Waals surface area contributed by atoms with Gasteiger partial charge >= 0.3 is 0 Å². The molecule has 0 saturated carbocycles. The van der Waals surface area contributed by atoms with Crippen LogP contribution in [0.3, 0.4) is 0 Å². The number of carbonyl (C=O) groups is 3. The van der Waals surface area contributed by atoms with E-state index in [-0.39, 0.29) is 22.1 Å². The first-order chi connectivity index (χ1) is 7.50. The lowest BCUT2D eigenvalue weighted by Crippen LogP contribution is -2.25. The van der Waals surface area contributed by atoms with Gasteiger partial charge in [0.25, 0.3) is 11.8 Å². The van der Waals surface area contributed by atoms with Gasteiger partial charge in [0.15, 0.2) is 0 Å². The maximum absolute atomic E-state index is 11.4. The van der Waals surface area contributed by atoms with E-state index in [1.165, 1.54) is 25.1 Å². The van der Waals surface area contributed by atoms with Crippen molar-refractivity contribution in [3.8, 4) is 0 Å². The number of imide groups is 1. The fourth-order valence-electron chi connectivity index (χ4n) is 1.51. The van der Waals surface area contributed by atoms with Crippen molar-refractivity contribution in [2.75, 3.05) is 5.32 Å². The van der Waals surface area contributed by atoms with Gasteiger partial charge in [-0.05, 0) is 18.2 Å². The number of hydroxylamine groups is 2. The normalized spacial score (nSPS) is 14.0. The molecular formula is C10H8N2O4. The Morgan fingerprint density at radius 1 is 1.25 bits per heavy atom. The molecule has 1 aromatic rings. The second kappa shape index (κ2) is 3.42. The van der Waals surface area contributed by atoms with Crippen molar-refractivity contribution >= 4 is 23.4 Å². The van der Waals surface area contributed by atoms with Crippen LogP contribution in [0.4, 0.5) is 5.69 Å². The van der Waals surface area contributed by atoms with Crippen LogP contribution in [0.2, 0.25) is 0 Å². The molecule has 82 valence electrons. The van der Waals surface area contributed by atoms with E-state index in [9.17, 15) is 14.4 Å². The average Bonchev–Trinajstić information content (AvgIpc) is 2.43. The Morgan fingerprint density at radius 2 is 1.88 bits per heavy atom. The van der Waals surface area contributed by atoms with E-state index in [1.807, 2.05) is 0 Å². The predicted molar refractivity (Wildman–Crippen MR) is 53.0 cm³/mol. The van der Waals surface area contributed by atoms with Crippen LogP contribution < -0.4 is 5.32 Å². The quantitative estimate of drug-likeness (QED) is 0.536. The van der Waals surface area contributed by atoms with Gasteiger partial charge in [-0.2, -0.15) is 0 Å². The zero-order valence-electron chi connectivity index (χ0n) is 8.35. The molecule has 0 fully saturated rings. The number of nitrogens with one attached hydrogen (secondary N) is 1. The van der Waals surface area contributed by atoms with E-state index < -0.39 is 11.8 Å². The molecule has 1 aliphatic rings. The van der Waals surface area contributed by atoms with Crippen molar-refractivity contribution in [2.45, 2.75) is 6.92 Å². The van der Waals surface area contributed by atoms with Gasteiger partial charge in [0, 0.05) is 12.6 Å². The summed E-state index contributed by atoms with van der Waals surface area (Å²) < 4.78 is 0. The lowest BCUT2D eigenvalue weighted by Gasteiger charge is -2.02. The van der Waals surface area contributed by atoms with Gasteiger partial charge in [-0.15, -0.1) is 5.06 Å². The molecule has 0 unspecified atom stereocenters. The molecule has 3 amide bonds. The molecule has 1 aliphatic heterocycles. The highest BCUT2D eigenvalue weighted by Crippen LogP contribution is 2.24. The fourth-order valence-corrected chi connectivity index (χ4v) is 1.51. The van der Waals surface area contributed by atoms with Crippen molar-refractivity contribution < 1.29 is 19.6 Å². The second-order valence-electron chi connectivity index (χ2n) is 3.36. The zero-order chi connectivity index (χ0) is 11.9. The number of benzene rings is 1. The van der Waals surface area contributed by atoms with Crippen molar-refractivity contribution in [3.05, 3.63) is 29.3 Å². The Bertz CT molecular complexity index is 510. The van der Waals surface area contributed by atoms with Crippen LogP contribution in [0.5, 0.6) is 0 Å². The van der Waals surface area contributed by atoms with Crippen LogP contribution in [0.25, 0.3) is 0 Å². The number of hydrogen-bond donors (Lipinski definition) is 2. The van der Waals surface area contributed by atoms with Gasteiger partial charge in [0.05, 0.1) is 11.1 Å². The van der Waals surface area contributed by atoms with Crippen LogP contribution in [0.1, 0.15) is 27.6 Å². The summed E-state index contributed by atoms with van der Waals surface area (Å²) in [6, 6.07) is 4.23. The van der Waals surface area contributed by atoms with E-state index in [0.717, 1.165) is 0 Å². The molecule has 6 heteroatoms. The van der Waals surface area contributed by atoms with E-state index in [0.29, 0.717) is 5.69 Å². The zero-order valence-corrected chi connectivity index (χ0v) is 8.35. The van der Waals surface area contributed by atoms with E-state index >= 15 is 0 Å². The van der Waals surface area contributed by atoms with Crippen molar-refractivity contribution in [1.29, 1.82) is 0 Å². The number of fused-ring (bicyclic) bond motifs is 1. The van der Waals surface area contributed by atoms with Gasteiger partial charge < -0.3 is 5.32 Å². The standard InChI is InChI=1S/C10H8N2O4/c1-5(13)11-6-2-3-7-8(4-6)10(15)12(16)9(7)14/h2-4,16H,1H3,(H,11,13). The Morgan fingerprint density at radius 3 is 2.50 bits per heavy atom. The summed E-state index contributed by atoms with van der Waals surface area (Å²) in [5, 5.41) is 11.6. The number of carbonyl (C=O) groups excluding carboxylic acids is 3. The fraction of sp³-hybridized carbons (Fsp3) is 0.100. The van der Waals surface area contributed by atoms with E-state index in [4.69, 9.17) is 5.21 Å². The third-order valence-corrected chi connectivity index (χ3v) is 2.19. The van der Waals surface area contributed by atoms with Crippen LogP contribution in [0.15, 0.2) is 18.2 Å². The smallest absolute Gasteiger partial charge is 0.285 e. The highest BCUT2D eigenvalue weighted by atomic mass is 16.5. The summed E-state index contributed by atoms with van der Waals surface area (Å²) in [5.74, 6) is -1.82. The van der Waals surface area contributed by atoms with Gasteiger partial charge in [0.2, 0.25) is 5.91 Å². The molecule has 0 radical (unpaired) electrons. The molecule has 2 N–H and O–H groups in total. The maximum Gasteiger partial charge on any atom is 0.285 e. The van der Waals surface area contributed by atoms with Gasteiger partial charge in [0.1, 0.15) is 0 Å². The second-order valence-corrected chi connectivity index (χ2v) is 3.36. The molecule has 0 bridgehead atoms. The molecule has 6 nitrogen and oxygen atoms in total. The van der Waals surface area contributed by atoms with Gasteiger partial charge in [-0.3, -0.25) is 19.6 Å². The number of amides is 3. The highest BCUT2D eigenvalue weighted by molar-refractivity contribution is 6.20.